The molecule has 4 nitrogen and oxygen atoms in total. The third-order valence-corrected chi connectivity index (χ3v) is 3.44. The number of hydrogen-bond donors (Lipinski definition) is 3. The molecule has 0 aliphatic carbocycles. The Morgan fingerprint density at radius 3 is 1.38 bits per heavy atom. The van der Waals surface area contributed by atoms with E-state index in [9.17, 15) is 4.79 Å². The Bertz CT molecular complexity index is 797. The highest BCUT2D eigenvalue weighted by molar-refractivity contribution is 5.88. The summed E-state index contributed by atoms with van der Waals surface area (Å²) in [6.07, 6.45) is 0. The lowest BCUT2D eigenvalue weighted by molar-refractivity contribution is -0.114. The zero-order valence-electron chi connectivity index (χ0n) is 13.4. The number of anilines is 5. The van der Waals surface area contributed by atoms with Gasteiger partial charge in [-0.15, -0.1) is 0 Å². The van der Waals surface area contributed by atoms with E-state index in [1.165, 1.54) is 6.92 Å². The van der Waals surface area contributed by atoms with Gasteiger partial charge in [0.05, 0.1) is 0 Å². The van der Waals surface area contributed by atoms with E-state index < -0.39 is 0 Å². The van der Waals surface area contributed by atoms with Crippen molar-refractivity contribution in [1.29, 1.82) is 0 Å². The molecule has 0 bridgehead atoms. The summed E-state index contributed by atoms with van der Waals surface area (Å²) in [5.41, 5.74) is 4.85. The van der Waals surface area contributed by atoms with Gasteiger partial charge in [0.1, 0.15) is 0 Å². The van der Waals surface area contributed by atoms with Crippen molar-refractivity contribution in [3.63, 3.8) is 0 Å². The normalized spacial score (nSPS) is 10.0. The van der Waals surface area contributed by atoms with E-state index in [2.05, 4.69) is 16.0 Å². The Balaban J connectivity index is 1.62. The zero-order chi connectivity index (χ0) is 16.8. The van der Waals surface area contributed by atoms with Crippen LogP contribution < -0.4 is 16.0 Å². The Labute approximate surface area is 141 Å². The number of para-hydroxylation sites is 1. The quantitative estimate of drug-likeness (QED) is 0.611. The van der Waals surface area contributed by atoms with E-state index >= 15 is 0 Å². The van der Waals surface area contributed by atoms with Crippen LogP contribution in [0.15, 0.2) is 78.9 Å². The van der Waals surface area contributed by atoms with Crippen molar-refractivity contribution in [2.75, 3.05) is 16.0 Å². The van der Waals surface area contributed by atoms with Gasteiger partial charge in [-0.25, -0.2) is 0 Å². The molecule has 0 heterocycles. The van der Waals surface area contributed by atoms with Gasteiger partial charge in [0, 0.05) is 35.4 Å². The van der Waals surface area contributed by atoms with Gasteiger partial charge in [-0.05, 0) is 60.7 Å². The molecule has 24 heavy (non-hydrogen) atoms. The number of nitrogens with one attached hydrogen (secondary N) is 3. The first-order valence-electron chi connectivity index (χ1n) is 7.76. The minimum absolute atomic E-state index is 0.0720. The molecule has 120 valence electrons. The molecule has 0 aromatic heterocycles. The van der Waals surface area contributed by atoms with Crippen LogP contribution in [0.4, 0.5) is 28.4 Å². The van der Waals surface area contributed by atoms with E-state index in [1.54, 1.807) is 0 Å². The maximum Gasteiger partial charge on any atom is 0.221 e. The highest BCUT2D eigenvalue weighted by atomic mass is 16.1. The first-order valence-corrected chi connectivity index (χ1v) is 7.76. The molecule has 0 saturated carbocycles. The van der Waals surface area contributed by atoms with E-state index in [1.807, 2.05) is 78.9 Å². The molecule has 3 N–H and O–H groups in total. The molecular formula is C20H19N3O. The molecule has 0 aliphatic heterocycles. The zero-order valence-corrected chi connectivity index (χ0v) is 13.4. The molecule has 0 fully saturated rings. The lowest BCUT2D eigenvalue weighted by atomic mass is 10.2. The minimum atomic E-state index is -0.0720. The van der Waals surface area contributed by atoms with Crippen LogP contribution in [0.25, 0.3) is 0 Å². The first kappa shape index (κ1) is 15.6. The average molecular weight is 317 g/mol. The fraction of sp³-hybridized carbons (Fsp3) is 0.0500. The number of amides is 1. The van der Waals surface area contributed by atoms with Crippen molar-refractivity contribution in [2.45, 2.75) is 6.92 Å². The summed E-state index contributed by atoms with van der Waals surface area (Å²) in [5.74, 6) is -0.0720. The number of carbonyl (C=O) groups is 1. The van der Waals surface area contributed by atoms with Crippen molar-refractivity contribution in [3.05, 3.63) is 78.9 Å². The van der Waals surface area contributed by atoms with Crippen LogP contribution in [-0.2, 0) is 4.79 Å². The molecule has 0 spiro atoms. The van der Waals surface area contributed by atoms with Crippen molar-refractivity contribution >= 4 is 34.3 Å². The van der Waals surface area contributed by atoms with Gasteiger partial charge in [0.25, 0.3) is 0 Å². The molecule has 0 saturated heterocycles. The minimum Gasteiger partial charge on any atom is -0.356 e. The van der Waals surface area contributed by atoms with Gasteiger partial charge >= 0.3 is 0 Å². The Morgan fingerprint density at radius 2 is 0.958 bits per heavy atom. The standard InChI is InChI=1S/C20H19N3O/c1-15(24)21-17-7-9-19(10-8-17)23-20-13-11-18(12-14-20)22-16-5-3-2-4-6-16/h2-14,22-23H,1H3,(H,21,24). The van der Waals surface area contributed by atoms with Crippen LogP contribution in [-0.4, -0.2) is 5.91 Å². The second-order valence-electron chi connectivity index (χ2n) is 5.45. The van der Waals surface area contributed by atoms with Gasteiger partial charge in [-0.2, -0.15) is 0 Å². The van der Waals surface area contributed by atoms with Gasteiger partial charge in [0.2, 0.25) is 5.91 Å². The SMILES string of the molecule is CC(=O)Nc1ccc(Nc2ccc(Nc3ccccc3)cc2)cc1. The average Bonchev–Trinajstić information content (AvgIpc) is 2.59. The Morgan fingerprint density at radius 1 is 0.583 bits per heavy atom. The summed E-state index contributed by atoms with van der Waals surface area (Å²) in [4.78, 5) is 11.0. The third-order valence-electron chi connectivity index (χ3n) is 3.44. The monoisotopic (exact) mass is 317 g/mol. The molecule has 4 heteroatoms. The first-order chi connectivity index (χ1) is 11.7. The van der Waals surface area contributed by atoms with E-state index in [0.29, 0.717) is 0 Å². The van der Waals surface area contributed by atoms with Crippen LogP contribution in [0.2, 0.25) is 0 Å². The van der Waals surface area contributed by atoms with Crippen LogP contribution in [0.5, 0.6) is 0 Å². The van der Waals surface area contributed by atoms with Crippen LogP contribution in [0, 0.1) is 0 Å². The number of rotatable bonds is 5. The second kappa shape index (κ2) is 7.33. The van der Waals surface area contributed by atoms with Gasteiger partial charge < -0.3 is 16.0 Å². The summed E-state index contributed by atoms with van der Waals surface area (Å²) in [6.45, 7) is 1.50. The van der Waals surface area contributed by atoms with Gasteiger partial charge in [-0.1, -0.05) is 18.2 Å². The molecular weight excluding hydrogens is 298 g/mol. The molecule has 3 aromatic carbocycles. The maximum atomic E-state index is 11.0. The summed E-state index contributed by atoms with van der Waals surface area (Å²) in [7, 11) is 0. The molecule has 3 rings (SSSR count). The summed E-state index contributed by atoms with van der Waals surface area (Å²) < 4.78 is 0. The topological polar surface area (TPSA) is 53.2 Å². The highest BCUT2D eigenvalue weighted by Gasteiger charge is 1.99. The van der Waals surface area contributed by atoms with Crippen LogP contribution >= 0.6 is 0 Å². The molecule has 1 amide bonds. The van der Waals surface area contributed by atoms with E-state index in [0.717, 1.165) is 28.4 Å². The Kier molecular flexibility index (Phi) is 4.77. The molecule has 0 radical (unpaired) electrons. The fourth-order valence-corrected chi connectivity index (χ4v) is 2.33. The maximum absolute atomic E-state index is 11.0. The van der Waals surface area contributed by atoms with Crippen molar-refractivity contribution in [2.24, 2.45) is 0 Å². The molecule has 0 atom stereocenters. The van der Waals surface area contributed by atoms with Crippen molar-refractivity contribution < 1.29 is 4.79 Å². The largest absolute Gasteiger partial charge is 0.356 e. The predicted molar refractivity (Wildman–Crippen MR) is 100 cm³/mol. The lowest BCUT2D eigenvalue weighted by Gasteiger charge is -2.10. The van der Waals surface area contributed by atoms with E-state index in [-0.39, 0.29) is 5.91 Å². The van der Waals surface area contributed by atoms with Crippen LogP contribution in [0.3, 0.4) is 0 Å². The van der Waals surface area contributed by atoms with Gasteiger partial charge in [0.15, 0.2) is 0 Å². The molecule has 0 aliphatic rings. The summed E-state index contributed by atoms with van der Waals surface area (Å²) >= 11 is 0. The molecule has 3 aromatic rings. The third kappa shape index (κ3) is 4.36. The predicted octanol–water partition coefficient (Wildman–Crippen LogP) is 5.13. The fourth-order valence-electron chi connectivity index (χ4n) is 2.33. The number of carbonyl (C=O) groups excluding carboxylic acids is 1. The highest BCUT2D eigenvalue weighted by Crippen LogP contribution is 2.22. The summed E-state index contributed by atoms with van der Waals surface area (Å²) in [6, 6.07) is 25.8. The molecule has 0 unspecified atom stereocenters. The smallest absolute Gasteiger partial charge is 0.221 e. The summed E-state index contributed by atoms with van der Waals surface area (Å²) in [5, 5.41) is 9.44. The van der Waals surface area contributed by atoms with Gasteiger partial charge in [-0.3, -0.25) is 4.79 Å². The van der Waals surface area contributed by atoms with Crippen LogP contribution in [0.1, 0.15) is 6.92 Å². The van der Waals surface area contributed by atoms with Crippen molar-refractivity contribution in [1.82, 2.24) is 0 Å². The second-order valence-corrected chi connectivity index (χ2v) is 5.45. The number of hydrogen-bond acceptors (Lipinski definition) is 3. The van der Waals surface area contributed by atoms with E-state index in [4.69, 9.17) is 0 Å². The number of benzene rings is 3. The van der Waals surface area contributed by atoms with Crippen molar-refractivity contribution in [3.8, 4) is 0 Å². The Hall–Kier alpha value is -3.27. The lowest BCUT2D eigenvalue weighted by Crippen LogP contribution is -2.05.